The summed E-state index contributed by atoms with van der Waals surface area (Å²) in [6, 6.07) is 0.740. The van der Waals surface area contributed by atoms with Crippen LogP contribution in [0.1, 0.15) is 53.9 Å². The average Bonchev–Trinajstić information content (AvgIpc) is 2.27. The Kier molecular flexibility index (Phi) is 5.26. The molecule has 1 heterocycles. The Morgan fingerprint density at radius 1 is 1.31 bits per heavy atom. The Morgan fingerprint density at radius 2 is 2.00 bits per heavy atom. The largest absolute Gasteiger partial charge is 0.314 e. The zero-order valence-corrected chi connectivity index (χ0v) is 11.8. The van der Waals surface area contributed by atoms with Crippen LogP contribution in [0.5, 0.6) is 0 Å². The summed E-state index contributed by atoms with van der Waals surface area (Å²) in [4.78, 5) is 2.67. The van der Waals surface area contributed by atoms with E-state index < -0.39 is 0 Å². The second-order valence-corrected chi connectivity index (χ2v) is 5.94. The fourth-order valence-electron chi connectivity index (χ4n) is 2.55. The van der Waals surface area contributed by atoms with Gasteiger partial charge in [-0.15, -0.1) is 0 Å². The van der Waals surface area contributed by atoms with Gasteiger partial charge in [0.25, 0.3) is 0 Å². The van der Waals surface area contributed by atoms with Crippen molar-refractivity contribution in [2.24, 2.45) is 5.92 Å². The van der Waals surface area contributed by atoms with Crippen LogP contribution in [0.15, 0.2) is 0 Å². The fourth-order valence-corrected chi connectivity index (χ4v) is 2.55. The molecule has 1 rings (SSSR count). The maximum absolute atomic E-state index is 3.68. The molecule has 2 nitrogen and oxygen atoms in total. The van der Waals surface area contributed by atoms with Gasteiger partial charge in [-0.05, 0) is 45.6 Å². The van der Waals surface area contributed by atoms with Gasteiger partial charge in [-0.1, -0.05) is 20.8 Å². The van der Waals surface area contributed by atoms with Crippen molar-refractivity contribution in [2.75, 3.05) is 19.6 Å². The third-order valence-corrected chi connectivity index (χ3v) is 4.28. The number of hydrogen-bond donors (Lipinski definition) is 1. The van der Waals surface area contributed by atoms with E-state index in [0.29, 0.717) is 5.54 Å². The van der Waals surface area contributed by atoms with Crippen molar-refractivity contribution in [2.45, 2.75) is 65.5 Å². The Bertz CT molecular complexity index is 201. The van der Waals surface area contributed by atoms with Crippen LogP contribution < -0.4 is 5.32 Å². The lowest BCUT2D eigenvalue weighted by Crippen LogP contribution is -2.54. The highest BCUT2D eigenvalue weighted by molar-refractivity contribution is 4.89. The van der Waals surface area contributed by atoms with Crippen molar-refractivity contribution in [3.05, 3.63) is 0 Å². The van der Waals surface area contributed by atoms with Crippen LogP contribution >= 0.6 is 0 Å². The van der Waals surface area contributed by atoms with Crippen molar-refractivity contribution in [1.82, 2.24) is 10.2 Å². The fraction of sp³-hybridized carbons (Fsp3) is 1.00. The minimum absolute atomic E-state index is 0.379. The second kappa shape index (κ2) is 6.02. The molecule has 2 unspecified atom stereocenters. The lowest BCUT2D eigenvalue weighted by molar-refractivity contribution is 0.0520. The smallest absolute Gasteiger partial charge is 0.0150 e. The van der Waals surface area contributed by atoms with Crippen molar-refractivity contribution in [3.8, 4) is 0 Å². The first-order chi connectivity index (χ1) is 7.51. The van der Waals surface area contributed by atoms with E-state index in [1.807, 2.05) is 0 Å². The van der Waals surface area contributed by atoms with Crippen LogP contribution in [0.25, 0.3) is 0 Å². The van der Waals surface area contributed by atoms with E-state index in [9.17, 15) is 0 Å². The molecule has 0 aliphatic carbocycles. The molecule has 1 N–H and O–H groups in total. The zero-order valence-electron chi connectivity index (χ0n) is 11.8. The van der Waals surface area contributed by atoms with Crippen LogP contribution in [0, 0.1) is 5.92 Å². The molecule has 0 radical (unpaired) electrons. The molecular weight excluding hydrogens is 196 g/mol. The summed E-state index contributed by atoms with van der Waals surface area (Å²) < 4.78 is 0. The Hall–Kier alpha value is -0.0800. The number of rotatable bonds is 5. The van der Waals surface area contributed by atoms with Gasteiger partial charge in [-0.3, -0.25) is 4.90 Å². The van der Waals surface area contributed by atoms with E-state index in [0.717, 1.165) is 12.0 Å². The highest BCUT2D eigenvalue weighted by atomic mass is 15.2. The van der Waals surface area contributed by atoms with Crippen LogP contribution in [-0.2, 0) is 0 Å². The SMILES string of the molecule is CCCNC1CCN(C(C)(C)CC)CC1C. The van der Waals surface area contributed by atoms with Crippen LogP contribution in [-0.4, -0.2) is 36.1 Å². The molecule has 0 aromatic heterocycles. The van der Waals surface area contributed by atoms with Crippen molar-refractivity contribution >= 4 is 0 Å². The number of hydrogen-bond acceptors (Lipinski definition) is 2. The average molecular weight is 226 g/mol. The molecule has 1 aliphatic heterocycles. The first-order valence-corrected chi connectivity index (χ1v) is 6.99. The number of nitrogens with one attached hydrogen (secondary N) is 1. The van der Waals surface area contributed by atoms with E-state index in [4.69, 9.17) is 0 Å². The molecule has 96 valence electrons. The molecule has 0 saturated carbocycles. The van der Waals surface area contributed by atoms with Crippen molar-refractivity contribution in [1.29, 1.82) is 0 Å². The van der Waals surface area contributed by atoms with Gasteiger partial charge in [0.05, 0.1) is 0 Å². The zero-order chi connectivity index (χ0) is 12.2. The summed E-state index contributed by atoms with van der Waals surface area (Å²) in [5.74, 6) is 0.783. The third-order valence-electron chi connectivity index (χ3n) is 4.28. The Balaban J connectivity index is 2.45. The van der Waals surface area contributed by atoms with Crippen LogP contribution in [0.3, 0.4) is 0 Å². The molecular formula is C14H30N2. The first-order valence-electron chi connectivity index (χ1n) is 6.99. The van der Waals surface area contributed by atoms with Gasteiger partial charge in [0.15, 0.2) is 0 Å². The van der Waals surface area contributed by atoms with Gasteiger partial charge >= 0.3 is 0 Å². The van der Waals surface area contributed by atoms with Crippen LogP contribution in [0.2, 0.25) is 0 Å². The minimum Gasteiger partial charge on any atom is -0.314 e. The Labute approximate surface area is 102 Å². The van der Waals surface area contributed by atoms with Crippen molar-refractivity contribution in [3.63, 3.8) is 0 Å². The highest BCUT2D eigenvalue weighted by Gasteiger charge is 2.32. The van der Waals surface area contributed by atoms with E-state index in [-0.39, 0.29) is 0 Å². The first kappa shape index (κ1) is 14.0. The second-order valence-electron chi connectivity index (χ2n) is 5.94. The summed E-state index contributed by atoms with van der Waals surface area (Å²) >= 11 is 0. The quantitative estimate of drug-likeness (QED) is 0.775. The molecule has 0 aromatic rings. The maximum Gasteiger partial charge on any atom is 0.0150 e. The van der Waals surface area contributed by atoms with Crippen LogP contribution in [0.4, 0.5) is 0 Å². The Morgan fingerprint density at radius 3 is 2.50 bits per heavy atom. The molecule has 0 amide bonds. The lowest BCUT2D eigenvalue weighted by Gasteiger charge is -2.45. The molecule has 1 aliphatic rings. The summed E-state index contributed by atoms with van der Waals surface area (Å²) in [7, 11) is 0. The number of nitrogens with zero attached hydrogens (tertiary/aromatic N) is 1. The number of piperidine rings is 1. The maximum atomic E-state index is 3.68. The van der Waals surface area contributed by atoms with Gasteiger partial charge in [0.2, 0.25) is 0 Å². The summed E-state index contributed by atoms with van der Waals surface area (Å²) in [5.41, 5.74) is 0.379. The number of likely N-dealkylation sites (tertiary alicyclic amines) is 1. The van der Waals surface area contributed by atoms with E-state index in [1.165, 1.54) is 38.9 Å². The minimum atomic E-state index is 0.379. The molecule has 0 bridgehead atoms. The van der Waals surface area contributed by atoms with E-state index in [1.54, 1.807) is 0 Å². The predicted octanol–water partition coefficient (Wildman–Crippen LogP) is 2.89. The molecule has 2 heteroatoms. The topological polar surface area (TPSA) is 15.3 Å². The van der Waals surface area contributed by atoms with Gasteiger partial charge in [-0.25, -0.2) is 0 Å². The highest BCUT2D eigenvalue weighted by Crippen LogP contribution is 2.26. The van der Waals surface area contributed by atoms with Gasteiger partial charge in [0, 0.05) is 24.7 Å². The van der Waals surface area contributed by atoms with Gasteiger partial charge in [-0.2, -0.15) is 0 Å². The predicted molar refractivity (Wildman–Crippen MR) is 71.8 cm³/mol. The molecule has 1 saturated heterocycles. The molecule has 0 spiro atoms. The third kappa shape index (κ3) is 3.46. The van der Waals surface area contributed by atoms with E-state index >= 15 is 0 Å². The normalized spacial score (nSPS) is 28.3. The van der Waals surface area contributed by atoms with Gasteiger partial charge < -0.3 is 5.32 Å². The lowest BCUT2D eigenvalue weighted by atomic mass is 9.88. The summed E-state index contributed by atoms with van der Waals surface area (Å²) in [6.07, 6.45) is 3.80. The molecule has 16 heavy (non-hydrogen) atoms. The molecule has 2 atom stereocenters. The van der Waals surface area contributed by atoms with E-state index in [2.05, 4.69) is 44.8 Å². The van der Waals surface area contributed by atoms with Crippen molar-refractivity contribution < 1.29 is 0 Å². The molecule has 0 aromatic carbocycles. The summed E-state index contributed by atoms with van der Waals surface area (Å²) in [5, 5.41) is 3.68. The summed E-state index contributed by atoms with van der Waals surface area (Å²) in [6.45, 7) is 15.4. The molecule has 1 fully saturated rings. The van der Waals surface area contributed by atoms with Gasteiger partial charge in [0.1, 0.15) is 0 Å². The standard InChI is InChI=1S/C14H30N2/c1-6-9-15-13-8-10-16(11-12(13)3)14(4,5)7-2/h12-13,15H,6-11H2,1-5H3. The monoisotopic (exact) mass is 226 g/mol.